The van der Waals surface area contributed by atoms with Crippen molar-refractivity contribution in [1.29, 1.82) is 0 Å². The minimum atomic E-state index is -1.43. The fourth-order valence-electron chi connectivity index (χ4n) is 2.82. The van der Waals surface area contributed by atoms with Gasteiger partial charge >= 0.3 is 5.97 Å². The molecule has 1 aromatic rings. The van der Waals surface area contributed by atoms with E-state index in [0.29, 0.717) is 6.61 Å². The normalized spacial score (nSPS) is 21.8. The standard InChI is InChI=1S/C17H26O3Si/c1-21(2,3)16-15(20-17(16)18)11-7-8-12-19-13-14-9-5-4-6-10-14/h4-6,9-10,15-16H,7-8,11-13H2,1-3H3/t15-,16+/m0/s1. The molecule has 0 saturated carbocycles. The number of cyclic esters (lactones) is 1. The molecule has 0 N–H and O–H groups in total. The van der Waals surface area contributed by atoms with E-state index in [4.69, 9.17) is 9.47 Å². The molecule has 0 unspecified atom stereocenters. The number of carbonyl (C=O) groups is 1. The zero-order chi connectivity index (χ0) is 15.3. The zero-order valence-corrected chi connectivity index (χ0v) is 14.3. The third kappa shape index (κ3) is 4.68. The highest BCUT2D eigenvalue weighted by Gasteiger charge is 2.49. The van der Waals surface area contributed by atoms with E-state index in [0.717, 1.165) is 25.9 Å². The molecule has 2 rings (SSSR count). The van der Waals surface area contributed by atoms with E-state index in [9.17, 15) is 4.79 Å². The van der Waals surface area contributed by atoms with Crippen LogP contribution in [0.15, 0.2) is 30.3 Å². The van der Waals surface area contributed by atoms with Crippen LogP contribution in [-0.2, 0) is 20.9 Å². The van der Waals surface area contributed by atoms with E-state index in [1.54, 1.807) is 0 Å². The summed E-state index contributed by atoms with van der Waals surface area (Å²) in [5.74, 6) is 0.0273. The molecular weight excluding hydrogens is 280 g/mol. The molecule has 0 amide bonds. The van der Waals surface area contributed by atoms with Gasteiger partial charge in [-0.2, -0.15) is 0 Å². The van der Waals surface area contributed by atoms with Crippen LogP contribution in [0.4, 0.5) is 0 Å². The first-order valence-electron chi connectivity index (χ1n) is 7.80. The predicted molar refractivity (Wildman–Crippen MR) is 86.9 cm³/mol. The van der Waals surface area contributed by atoms with Crippen molar-refractivity contribution < 1.29 is 14.3 Å². The summed E-state index contributed by atoms with van der Waals surface area (Å²) < 4.78 is 11.0. The van der Waals surface area contributed by atoms with Gasteiger partial charge in [0.1, 0.15) is 6.10 Å². The van der Waals surface area contributed by atoms with Gasteiger partial charge in [-0.05, 0) is 24.8 Å². The Balaban J connectivity index is 1.57. The van der Waals surface area contributed by atoms with Crippen LogP contribution in [0.3, 0.4) is 0 Å². The van der Waals surface area contributed by atoms with E-state index in [-0.39, 0.29) is 17.6 Å². The van der Waals surface area contributed by atoms with Gasteiger partial charge in [0.2, 0.25) is 0 Å². The molecular formula is C17H26O3Si. The number of rotatable bonds is 8. The molecule has 1 saturated heterocycles. The molecule has 4 heteroatoms. The molecule has 1 aliphatic rings. The smallest absolute Gasteiger partial charge is 0.310 e. The van der Waals surface area contributed by atoms with Gasteiger partial charge in [0.15, 0.2) is 0 Å². The molecule has 116 valence electrons. The van der Waals surface area contributed by atoms with Gasteiger partial charge in [-0.3, -0.25) is 4.79 Å². The van der Waals surface area contributed by atoms with Gasteiger partial charge in [0, 0.05) is 6.61 Å². The Morgan fingerprint density at radius 1 is 1.14 bits per heavy atom. The van der Waals surface area contributed by atoms with Crippen LogP contribution in [0.25, 0.3) is 0 Å². The molecule has 1 aliphatic heterocycles. The molecule has 21 heavy (non-hydrogen) atoms. The molecule has 2 atom stereocenters. The first kappa shape index (κ1) is 16.2. The second kappa shape index (κ2) is 7.23. The average molecular weight is 306 g/mol. The lowest BCUT2D eigenvalue weighted by Gasteiger charge is -2.42. The van der Waals surface area contributed by atoms with Crippen LogP contribution in [0.2, 0.25) is 25.2 Å². The monoisotopic (exact) mass is 306 g/mol. The third-order valence-electron chi connectivity index (χ3n) is 3.97. The van der Waals surface area contributed by atoms with E-state index in [1.807, 2.05) is 18.2 Å². The number of hydrogen-bond acceptors (Lipinski definition) is 3. The van der Waals surface area contributed by atoms with E-state index in [2.05, 4.69) is 31.8 Å². The predicted octanol–water partition coefficient (Wildman–Crippen LogP) is 4.01. The van der Waals surface area contributed by atoms with Crippen molar-refractivity contribution in [3.05, 3.63) is 35.9 Å². The summed E-state index contributed by atoms with van der Waals surface area (Å²) in [7, 11) is -1.43. The van der Waals surface area contributed by atoms with Crippen molar-refractivity contribution in [2.45, 2.75) is 57.2 Å². The summed E-state index contributed by atoms with van der Waals surface area (Å²) in [5, 5.41) is 0. The summed E-state index contributed by atoms with van der Waals surface area (Å²) in [6, 6.07) is 10.2. The van der Waals surface area contributed by atoms with Gasteiger partial charge in [-0.25, -0.2) is 0 Å². The SMILES string of the molecule is C[Si](C)(C)[C@H]1C(=O)O[C@H]1CCCCOCc1ccccc1. The summed E-state index contributed by atoms with van der Waals surface area (Å²) in [4.78, 5) is 11.6. The lowest BCUT2D eigenvalue weighted by Crippen LogP contribution is -2.52. The van der Waals surface area contributed by atoms with Crippen molar-refractivity contribution in [1.82, 2.24) is 0 Å². The summed E-state index contributed by atoms with van der Waals surface area (Å²) in [6.07, 6.45) is 3.24. The fraction of sp³-hybridized carbons (Fsp3) is 0.588. The second-order valence-electron chi connectivity index (χ2n) is 6.85. The van der Waals surface area contributed by atoms with Crippen LogP contribution < -0.4 is 0 Å². The molecule has 0 aromatic heterocycles. The quantitative estimate of drug-likeness (QED) is 0.413. The lowest BCUT2D eigenvalue weighted by atomic mass is 10.0. The van der Waals surface area contributed by atoms with E-state index >= 15 is 0 Å². The fourth-order valence-corrected chi connectivity index (χ4v) is 4.95. The van der Waals surface area contributed by atoms with Gasteiger partial charge in [-0.1, -0.05) is 50.0 Å². The first-order chi connectivity index (χ1) is 9.98. The highest BCUT2D eigenvalue weighted by atomic mass is 28.3. The molecule has 0 spiro atoms. The highest BCUT2D eigenvalue weighted by Crippen LogP contribution is 2.39. The Labute approximate surface area is 128 Å². The second-order valence-corrected chi connectivity index (χ2v) is 12.2. The molecule has 0 radical (unpaired) electrons. The maximum absolute atomic E-state index is 11.6. The first-order valence-corrected chi connectivity index (χ1v) is 11.4. The van der Waals surface area contributed by atoms with Crippen LogP contribution in [-0.4, -0.2) is 26.8 Å². The zero-order valence-electron chi connectivity index (χ0n) is 13.3. The van der Waals surface area contributed by atoms with Gasteiger partial charge in [0.05, 0.1) is 20.2 Å². The van der Waals surface area contributed by atoms with Crippen molar-refractivity contribution >= 4 is 14.0 Å². The van der Waals surface area contributed by atoms with Crippen molar-refractivity contribution in [3.8, 4) is 0 Å². The third-order valence-corrected chi connectivity index (χ3v) is 6.44. The molecule has 1 fully saturated rings. The number of benzene rings is 1. The molecule has 1 heterocycles. The van der Waals surface area contributed by atoms with Crippen molar-refractivity contribution in [3.63, 3.8) is 0 Å². The number of ether oxygens (including phenoxy) is 2. The largest absolute Gasteiger partial charge is 0.462 e. The van der Waals surface area contributed by atoms with Crippen LogP contribution in [0.1, 0.15) is 24.8 Å². The number of hydrogen-bond donors (Lipinski definition) is 0. The van der Waals surface area contributed by atoms with Gasteiger partial charge < -0.3 is 9.47 Å². The van der Waals surface area contributed by atoms with Crippen molar-refractivity contribution in [2.24, 2.45) is 0 Å². The Bertz CT molecular complexity index is 453. The van der Waals surface area contributed by atoms with Crippen LogP contribution >= 0.6 is 0 Å². The Hall–Kier alpha value is -1.13. The maximum atomic E-state index is 11.6. The molecule has 3 nitrogen and oxygen atoms in total. The van der Waals surface area contributed by atoms with Gasteiger partial charge in [0.25, 0.3) is 0 Å². The molecule has 1 aromatic carbocycles. The van der Waals surface area contributed by atoms with Crippen LogP contribution in [0.5, 0.6) is 0 Å². The minimum absolute atomic E-state index is 0.0273. The molecule has 0 bridgehead atoms. The minimum Gasteiger partial charge on any atom is -0.462 e. The van der Waals surface area contributed by atoms with Crippen molar-refractivity contribution in [2.75, 3.05) is 6.61 Å². The highest BCUT2D eigenvalue weighted by molar-refractivity contribution is 6.81. The Kier molecular flexibility index (Phi) is 5.59. The Morgan fingerprint density at radius 3 is 2.48 bits per heavy atom. The number of unbranched alkanes of at least 4 members (excludes halogenated alkanes) is 1. The van der Waals surface area contributed by atoms with E-state index < -0.39 is 8.07 Å². The van der Waals surface area contributed by atoms with Gasteiger partial charge in [-0.15, -0.1) is 0 Å². The number of esters is 1. The lowest BCUT2D eigenvalue weighted by molar-refractivity contribution is -0.170. The Morgan fingerprint density at radius 2 is 1.86 bits per heavy atom. The van der Waals surface area contributed by atoms with E-state index in [1.165, 1.54) is 5.56 Å². The maximum Gasteiger partial charge on any atom is 0.310 e. The summed E-state index contributed by atoms with van der Waals surface area (Å²) in [5.41, 5.74) is 1.41. The summed E-state index contributed by atoms with van der Waals surface area (Å²) >= 11 is 0. The topological polar surface area (TPSA) is 35.5 Å². The molecule has 0 aliphatic carbocycles. The average Bonchev–Trinajstić information content (AvgIpc) is 2.40. The number of carbonyl (C=O) groups excluding carboxylic acids is 1. The summed E-state index contributed by atoms with van der Waals surface area (Å²) in [6.45, 7) is 8.18. The van der Waals surface area contributed by atoms with Crippen LogP contribution in [0, 0.1) is 0 Å².